The molecule has 3 nitrogen and oxygen atoms in total. The first kappa shape index (κ1) is 18.5. The molecule has 0 N–H and O–H groups in total. The molecule has 4 rings (SSSR count). The monoisotopic (exact) mass is 376 g/mol. The molecule has 1 unspecified atom stereocenters. The molecule has 0 saturated carbocycles. The molecule has 1 amide bonds. The number of fused-ring (bicyclic) bond motifs is 1. The molecule has 2 heterocycles. The van der Waals surface area contributed by atoms with E-state index >= 15 is 0 Å². The van der Waals surface area contributed by atoms with E-state index in [2.05, 4.69) is 26.0 Å². The Morgan fingerprint density at radius 3 is 2.21 bits per heavy atom. The number of aryl methyl sites for hydroxylation is 2. The average molecular weight is 376 g/mol. The molecule has 3 aromatic rings. The number of aromatic nitrogens is 1. The van der Waals surface area contributed by atoms with Gasteiger partial charge in [-0.1, -0.05) is 50.2 Å². The highest BCUT2D eigenvalue weighted by Gasteiger charge is 2.41. The minimum absolute atomic E-state index is 0.0876. The van der Waals surface area contributed by atoms with Crippen LogP contribution in [0.25, 0.3) is 0 Å². The molecule has 0 saturated heterocycles. The van der Waals surface area contributed by atoms with Gasteiger partial charge in [0.1, 0.15) is 11.9 Å². The Morgan fingerprint density at radius 2 is 1.61 bits per heavy atom. The number of carbonyl (C=O) groups excluding carboxylic acids is 1. The van der Waals surface area contributed by atoms with Gasteiger partial charge >= 0.3 is 0 Å². The zero-order valence-electron chi connectivity index (χ0n) is 16.7. The summed E-state index contributed by atoms with van der Waals surface area (Å²) in [6.07, 6.45) is 0. The molecule has 2 aromatic carbocycles. The maximum atomic E-state index is 14.8. The summed E-state index contributed by atoms with van der Waals surface area (Å²) < 4.78 is 16.8. The number of amides is 1. The highest BCUT2D eigenvalue weighted by atomic mass is 19.1. The lowest BCUT2D eigenvalue weighted by Gasteiger charge is -2.20. The number of para-hydroxylation sites is 1. The second-order valence-corrected chi connectivity index (χ2v) is 7.89. The van der Waals surface area contributed by atoms with Crippen LogP contribution in [0.4, 0.5) is 10.1 Å². The number of carbonyl (C=O) groups is 1. The van der Waals surface area contributed by atoms with Crippen molar-refractivity contribution in [3.05, 3.63) is 88.5 Å². The van der Waals surface area contributed by atoms with Crippen molar-refractivity contribution < 1.29 is 9.18 Å². The van der Waals surface area contributed by atoms with E-state index in [9.17, 15) is 9.18 Å². The molecule has 0 radical (unpaired) electrons. The fourth-order valence-corrected chi connectivity index (χ4v) is 4.11. The van der Waals surface area contributed by atoms with Crippen LogP contribution in [0.5, 0.6) is 0 Å². The van der Waals surface area contributed by atoms with Crippen LogP contribution in [0.15, 0.2) is 54.6 Å². The third-order valence-corrected chi connectivity index (χ3v) is 5.65. The van der Waals surface area contributed by atoms with Crippen molar-refractivity contribution in [3.63, 3.8) is 0 Å². The Hall–Kier alpha value is -2.88. The van der Waals surface area contributed by atoms with Crippen LogP contribution in [0.1, 0.15) is 53.9 Å². The van der Waals surface area contributed by atoms with Crippen molar-refractivity contribution in [1.29, 1.82) is 0 Å². The molecule has 1 aromatic heterocycles. The van der Waals surface area contributed by atoms with Crippen LogP contribution in [0.3, 0.4) is 0 Å². The first-order valence-corrected chi connectivity index (χ1v) is 9.71. The summed E-state index contributed by atoms with van der Waals surface area (Å²) in [4.78, 5) is 15.0. The van der Waals surface area contributed by atoms with Gasteiger partial charge in [0.05, 0.1) is 12.2 Å². The van der Waals surface area contributed by atoms with Crippen molar-refractivity contribution in [2.75, 3.05) is 4.90 Å². The Kier molecular flexibility index (Phi) is 4.58. The van der Waals surface area contributed by atoms with Crippen LogP contribution >= 0.6 is 0 Å². The van der Waals surface area contributed by atoms with Gasteiger partial charge in [-0.2, -0.15) is 0 Å². The number of nitrogens with zero attached hydrogens (tertiary/aromatic N) is 2. The number of hydrogen-bond acceptors (Lipinski definition) is 1. The molecule has 1 aliphatic heterocycles. The summed E-state index contributed by atoms with van der Waals surface area (Å²) in [5.41, 5.74) is 5.36. The smallest absolute Gasteiger partial charge is 0.255 e. The third-order valence-electron chi connectivity index (χ3n) is 5.65. The SMILES string of the molecule is Cc1ccc(C)n1C1C(=O)N(Cc2ccc(C(C)C)cc2)c2c(F)cccc21. The molecule has 28 heavy (non-hydrogen) atoms. The van der Waals surface area contributed by atoms with Crippen molar-refractivity contribution in [3.8, 4) is 0 Å². The minimum atomic E-state index is -0.518. The lowest BCUT2D eigenvalue weighted by Crippen LogP contribution is -2.31. The van der Waals surface area contributed by atoms with Gasteiger partial charge in [0.15, 0.2) is 0 Å². The first-order chi connectivity index (χ1) is 13.4. The van der Waals surface area contributed by atoms with Gasteiger partial charge in [-0.15, -0.1) is 0 Å². The minimum Gasteiger partial charge on any atom is -0.333 e. The number of hydrogen-bond donors (Lipinski definition) is 0. The summed E-state index contributed by atoms with van der Waals surface area (Å²) in [5, 5.41) is 0. The predicted octanol–water partition coefficient (Wildman–Crippen LogP) is 5.50. The van der Waals surface area contributed by atoms with Gasteiger partial charge in [0.2, 0.25) is 0 Å². The zero-order valence-corrected chi connectivity index (χ0v) is 16.7. The Morgan fingerprint density at radius 1 is 0.964 bits per heavy atom. The van der Waals surface area contributed by atoms with Crippen molar-refractivity contribution in [1.82, 2.24) is 4.57 Å². The van der Waals surface area contributed by atoms with Crippen LogP contribution in [-0.2, 0) is 11.3 Å². The fraction of sp³-hybridized carbons (Fsp3) is 0.292. The molecule has 4 heteroatoms. The van der Waals surface area contributed by atoms with Gasteiger partial charge in [0, 0.05) is 17.0 Å². The predicted molar refractivity (Wildman–Crippen MR) is 110 cm³/mol. The molecular formula is C24H25FN2O. The van der Waals surface area contributed by atoms with E-state index in [0.717, 1.165) is 22.5 Å². The molecule has 1 atom stereocenters. The highest BCUT2D eigenvalue weighted by Crippen LogP contribution is 2.42. The lowest BCUT2D eigenvalue weighted by molar-refractivity contribution is -0.120. The summed E-state index contributed by atoms with van der Waals surface area (Å²) >= 11 is 0. The normalized spacial score (nSPS) is 16.1. The number of benzene rings is 2. The van der Waals surface area contributed by atoms with Crippen LogP contribution < -0.4 is 4.90 Å². The maximum absolute atomic E-state index is 14.8. The van der Waals surface area contributed by atoms with Gasteiger partial charge in [-0.25, -0.2) is 4.39 Å². The van der Waals surface area contributed by atoms with Gasteiger partial charge in [-0.3, -0.25) is 4.79 Å². The second-order valence-electron chi connectivity index (χ2n) is 7.89. The topological polar surface area (TPSA) is 25.2 Å². The summed E-state index contributed by atoms with van der Waals surface area (Å²) in [6.45, 7) is 8.62. The largest absolute Gasteiger partial charge is 0.333 e. The van der Waals surface area contributed by atoms with E-state index in [1.807, 2.05) is 48.7 Å². The van der Waals surface area contributed by atoms with Gasteiger partial charge in [-0.05, 0) is 49.1 Å². The van der Waals surface area contributed by atoms with Crippen LogP contribution in [0.2, 0.25) is 0 Å². The second kappa shape index (κ2) is 6.93. The van der Waals surface area contributed by atoms with Crippen molar-refractivity contribution in [2.24, 2.45) is 0 Å². The zero-order chi connectivity index (χ0) is 20.0. The molecule has 1 aliphatic rings. The Bertz CT molecular complexity index is 1010. The maximum Gasteiger partial charge on any atom is 0.255 e. The van der Waals surface area contributed by atoms with Crippen molar-refractivity contribution >= 4 is 11.6 Å². The molecule has 144 valence electrons. The average Bonchev–Trinajstić information content (AvgIpc) is 3.13. The van der Waals surface area contributed by atoms with Crippen LogP contribution in [0, 0.1) is 19.7 Å². The number of anilines is 1. The van der Waals surface area contributed by atoms with Crippen molar-refractivity contribution in [2.45, 2.75) is 46.2 Å². The standard InChI is InChI=1S/C24H25FN2O/c1-15(2)19-12-10-18(11-13-19)14-26-22-20(6-5-7-21(22)25)23(24(26)28)27-16(3)8-9-17(27)4/h5-13,15,23H,14H2,1-4H3. The molecule has 0 fully saturated rings. The summed E-state index contributed by atoms with van der Waals surface area (Å²) in [5.74, 6) is 0.00904. The van der Waals surface area contributed by atoms with E-state index < -0.39 is 6.04 Å². The first-order valence-electron chi connectivity index (χ1n) is 9.71. The molecule has 0 spiro atoms. The molecule has 0 aliphatic carbocycles. The van der Waals surface area contributed by atoms with Gasteiger partial charge < -0.3 is 9.47 Å². The van der Waals surface area contributed by atoms with Crippen LogP contribution in [-0.4, -0.2) is 10.5 Å². The van der Waals surface area contributed by atoms with Gasteiger partial charge in [0.25, 0.3) is 5.91 Å². The number of rotatable bonds is 4. The Balaban J connectivity index is 1.76. The van der Waals surface area contributed by atoms with E-state index in [-0.39, 0.29) is 11.7 Å². The number of halogens is 1. The van der Waals surface area contributed by atoms with E-state index in [4.69, 9.17) is 0 Å². The quantitative estimate of drug-likeness (QED) is 0.590. The highest BCUT2D eigenvalue weighted by molar-refractivity contribution is 6.05. The third kappa shape index (κ3) is 2.93. The van der Waals surface area contributed by atoms with E-state index in [0.29, 0.717) is 18.2 Å². The summed E-state index contributed by atoms with van der Waals surface area (Å²) in [6, 6.07) is 16.7. The molecule has 0 bridgehead atoms. The van der Waals surface area contributed by atoms with E-state index in [1.54, 1.807) is 11.0 Å². The summed E-state index contributed by atoms with van der Waals surface area (Å²) in [7, 11) is 0. The fourth-order valence-electron chi connectivity index (χ4n) is 4.11. The Labute approximate surface area is 165 Å². The lowest BCUT2D eigenvalue weighted by atomic mass is 10.0. The van der Waals surface area contributed by atoms with E-state index in [1.165, 1.54) is 11.6 Å². The molecular weight excluding hydrogens is 351 g/mol.